The van der Waals surface area contributed by atoms with Gasteiger partial charge in [-0.1, -0.05) is 30.3 Å². The van der Waals surface area contributed by atoms with Crippen molar-refractivity contribution in [2.75, 3.05) is 0 Å². The van der Waals surface area contributed by atoms with Gasteiger partial charge < -0.3 is 5.11 Å². The van der Waals surface area contributed by atoms with Crippen molar-refractivity contribution in [1.82, 2.24) is 4.98 Å². The average molecular weight is 221 g/mol. The maximum Gasteiger partial charge on any atom is 0.116 e. The molecule has 1 aromatic heterocycles. The molecule has 0 aliphatic carbocycles. The van der Waals surface area contributed by atoms with Crippen molar-refractivity contribution in [2.24, 2.45) is 0 Å². The van der Waals surface area contributed by atoms with Crippen LogP contribution in [0, 0.1) is 0 Å². The normalized spacial score (nSPS) is 10.6. The first-order chi connectivity index (χ1) is 8.34. The molecule has 0 atom stereocenters. The predicted molar refractivity (Wildman–Crippen MR) is 68.8 cm³/mol. The van der Waals surface area contributed by atoms with Gasteiger partial charge in [0.2, 0.25) is 0 Å². The van der Waals surface area contributed by atoms with Crippen molar-refractivity contribution in [3.8, 4) is 16.9 Å². The highest BCUT2D eigenvalue weighted by Gasteiger charge is 2.04. The van der Waals surface area contributed by atoms with Gasteiger partial charge in [-0.2, -0.15) is 0 Å². The zero-order valence-electron chi connectivity index (χ0n) is 9.17. The fourth-order valence-electron chi connectivity index (χ4n) is 2.02. The van der Waals surface area contributed by atoms with E-state index in [2.05, 4.69) is 4.98 Å². The molecule has 0 radical (unpaired) electrons. The molecular weight excluding hydrogens is 210 g/mol. The minimum Gasteiger partial charge on any atom is -0.508 e. The number of benzene rings is 2. The van der Waals surface area contributed by atoms with Gasteiger partial charge in [-0.25, -0.2) is 0 Å². The fourth-order valence-corrected chi connectivity index (χ4v) is 2.02. The van der Waals surface area contributed by atoms with Gasteiger partial charge in [0, 0.05) is 11.6 Å². The third kappa shape index (κ3) is 1.74. The van der Waals surface area contributed by atoms with Crippen molar-refractivity contribution in [3.05, 3.63) is 60.8 Å². The van der Waals surface area contributed by atoms with Crippen LogP contribution in [0.15, 0.2) is 60.8 Å². The minimum atomic E-state index is 0.281. The first kappa shape index (κ1) is 9.85. The van der Waals surface area contributed by atoms with Crippen LogP contribution in [0.1, 0.15) is 0 Å². The number of para-hydroxylation sites is 1. The van der Waals surface area contributed by atoms with Gasteiger partial charge in [0.15, 0.2) is 0 Å². The number of aromatic hydroxyl groups is 1. The molecule has 1 heterocycles. The molecular formula is C15H11NO. The SMILES string of the molecule is Oc1cccc(-c2ccnc3ccccc23)c1. The maximum atomic E-state index is 9.53. The lowest BCUT2D eigenvalue weighted by atomic mass is 10.0. The molecule has 0 unspecified atom stereocenters. The number of aromatic nitrogens is 1. The van der Waals surface area contributed by atoms with E-state index in [4.69, 9.17) is 0 Å². The molecule has 3 rings (SSSR count). The summed E-state index contributed by atoms with van der Waals surface area (Å²) in [5.41, 5.74) is 3.06. The van der Waals surface area contributed by atoms with E-state index in [-0.39, 0.29) is 5.75 Å². The van der Waals surface area contributed by atoms with Crippen molar-refractivity contribution in [2.45, 2.75) is 0 Å². The van der Waals surface area contributed by atoms with E-state index in [1.807, 2.05) is 42.5 Å². The summed E-state index contributed by atoms with van der Waals surface area (Å²) in [6.45, 7) is 0. The summed E-state index contributed by atoms with van der Waals surface area (Å²) in [6.07, 6.45) is 1.79. The Morgan fingerprint density at radius 1 is 0.882 bits per heavy atom. The Morgan fingerprint density at radius 3 is 2.65 bits per heavy atom. The van der Waals surface area contributed by atoms with E-state index in [9.17, 15) is 5.11 Å². The number of fused-ring (bicyclic) bond motifs is 1. The van der Waals surface area contributed by atoms with Crippen LogP contribution in [0.4, 0.5) is 0 Å². The van der Waals surface area contributed by atoms with Crippen LogP contribution < -0.4 is 0 Å². The van der Waals surface area contributed by atoms with Crippen molar-refractivity contribution in [3.63, 3.8) is 0 Å². The largest absolute Gasteiger partial charge is 0.508 e. The van der Waals surface area contributed by atoms with E-state index in [0.717, 1.165) is 22.0 Å². The molecule has 0 amide bonds. The molecule has 3 aromatic rings. The third-order valence-electron chi connectivity index (χ3n) is 2.81. The average Bonchev–Trinajstić information content (AvgIpc) is 2.38. The van der Waals surface area contributed by atoms with E-state index in [1.54, 1.807) is 18.3 Å². The van der Waals surface area contributed by atoms with Gasteiger partial charge in [0.1, 0.15) is 5.75 Å². The lowest BCUT2D eigenvalue weighted by Gasteiger charge is -2.06. The zero-order chi connectivity index (χ0) is 11.7. The Morgan fingerprint density at radius 2 is 1.76 bits per heavy atom. The van der Waals surface area contributed by atoms with Crippen LogP contribution in [0.2, 0.25) is 0 Å². The van der Waals surface area contributed by atoms with E-state index in [1.165, 1.54) is 0 Å². The van der Waals surface area contributed by atoms with Gasteiger partial charge >= 0.3 is 0 Å². The molecule has 0 saturated carbocycles. The first-order valence-corrected chi connectivity index (χ1v) is 5.48. The highest BCUT2D eigenvalue weighted by Crippen LogP contribution is 2.28. The van der Waals surface area contributed by atoms with Crippen molar-refractivity contribution >= 4 is 10.9 Å². The quantitative estimate of drug-likeness (QED) is 0.681. The summed E-state index contributed by atoms with van der Waals surface area (Å²) < 4.78 is 0. The topological polar surface area (TPSA) is 33.1 Å². The molecule has 2 heteroatoms. The smallest absolute Gasteiger partial charge is 0.116 e. The summed E-state index contributed by atoms with van der Waals surface area (Å²) in [5, 5.41) is 10.6. The number of phenols is 1. The summed E-state index contributed by atoms with van der Waals surface area (Å²) in [5.74, 6) is 0.281. The van der Waals surface area contributed by atoms with Crippen LogP contribution in [-0.4, -0.2) is 10.1 Å². The van der Waals surface area contributed by atoms with E-state index >= 15 is 0 Å². The van der Waals surface area contributed by atoms with Gasteiger partial charge in [0.05, 0.1) is 5.52 Å². The molecule has 17 heavy (non-hydrogen) atoms. The molecule has 0 spiro atoms. The van der Waals surface area contributed by atoms with Gasteiger partial charge in [-0.05, 0) is 35.4 Å². The van der Waals surface area contributed by atoms with Crippen LogP contribution in [0.3, 0.4) is 0 Å². The second kappa shape index (κ2) is 3.91. The van der Waals surface area contributed by atoms with E-state index < -0.39 is 0 Å². The van der Waals surface area contributed by atoms with Crippen LogP contribution in [-0.2, 0) is 0 Å². The Balaban J connectivity index is 2.30. The maximum absolute atomic E-state index is 9.53. The van der Waals surface area contributed by atoms with E-state index in [0.29, 0.717) is 0 Å². The molecule has 2 nitrogen and oxygen atoms in total. The Hall–Kier alpha value is -2.35. The molecule has 82 valence electrons. The molecule has 0 fully saturated rings. The van der Waals surface area contributed by atoms with Gasteiger partial charge in [-0.15, -0.1) is 0 Å². The number of pyridine rings is 1. The van der Waals surface area contributed by atoms with Crippen LogP contribution in [0.25, 0.3) is 22.0 Å². The summed E-state index contributed by atoms with van der Waals surface area (Å²) >= 11 is 0. The number of hydrogen-bond donors (Lipinski definition) is 1. The van der Waals surface area contributed by atoms with Crippen molar-refractivity contribution in [1.29, 1.82) is 0 Å². The summed E-state index contributed by atoms with van der Waals surface area (Å²) in [6, 6.07) is 17.2. The lowest BCUT2D eigenvalue weighted by molar-refractivity contribution is 0.475. The fraction of sp³-hybridized carbons (Fsp3) is 0. The minimum absolute atomic E-state index is 0.281. The summed E-state index contributed by atoms with van der Waals surface area (Å²) in [7, 11) is 0. The highest BCUT2D eigenvalue weighted by molar-refractivity contribution is 5.94. The van der Waals surface area contributed by atoms with Gasteiger partial charge in [-0.3, -0.25) is 4.98 Å². The number of hydrogen-bond acceptors (Lipinski definition) is 2. The Labute approximate surface area is 99.2 Å². The molecule has 0 aliphatic rings. The zero-order valence-corrected chi connectivity index (χ0v) is 9.17. The number of nitrogens with zero attached hydrogens (tertiary/aromatic N) is 1. The van der Waals surface area contributed by atoms with Crippen LogP contribution in [0.5, 0.6) is 5.75 Å². The predicted octanol–water partition coefficient (Wildman–Crippen LogP) is 3.61. The highest BCUT2D eigenvalue weighted by atomic mass is 16.3. The number of rotatable bonds is 1. The standard InChI is InChI=1S/C15H11NO/c17-12-5-3-4-11(10-12)13-8-9-16-15-7-2-1-6-14(13)15/h1-10,17H. The molecule has 0 bridgehead atoms. The monoisotopic (exact) mass is 221 g/mol. The summed E-state index contributed by atoms with van der Waals surface area (Å²) in [4.78, 5) is 4.33. The lowest BCUT2D eigenvalue weighted by Crippen LogP contribution is -1.83. The second-order valence-corrected chi connectivity index (χ2v) is 3.93. The molecule has 1 N–H and O–H groups in total. The van der Waals surface area contributed by atoms with Crippen LogP contribution >= 0.6 is 0 Å². The van der Waals surface area contributed by atoms with Crippen molar-refractivity contribution < 1.29 is 5.11 Å². The first-order valence-electron chi connectivity index (χ1n) is 5.48. The molecule has 0 saturated heterocycles. The Bertz CT molecular complexity index is 671. The number of phenolic OH excluding ortho intramolecular Hbond substituents is 1. The van der Waals surface area contributed by atoms with Gasteiger partial charge in [0.25, 0.3) is 0 Å². The second-order valence-electron chi connectivity index (χ2n) is 3.93. The molecule has 0 aliphatic heterocycles. The third-order valence-corrected chi connectivity index (χ3v) is 2.81. The molecule has 2 aromatic carbocycles. The Kier molecular flexibility index (Phi) is 2.26.